The Morgan fingerprint density at radius 2 is 1.46 bits per heavy atom. The van der Waals surface area contributed by atoms with Gasteiger partial charge in [0.15, 0.2) is 35.7 Å². The summed E-state index contributed by atoms with van der Waals surface area (Å²) in [4.78, 5) is 82.3. The predicted molar refractivity (Wildman–Crippen MR) is 112 cm³/mol. The molecule has 3 heterocycles. The van der Waals surface area contributed by atoms with E-state index >= 15 is 0 Å². The summed E-state index contributed by atoms with van der Waals surface area (Å²) in [6, 6.07) is 0. The van der Waals surface area contributed by atoms with Gasteiger partial charge in [-0.15, -0.1) is 0 Å². The first-order valence-electron chi connectivity index (χ1n) is 10.3. The van der Waals surface area contributed by atoms with Crippen LogP contribution in [0.15, 0.2) is 22.0 Å². The molecule has 2 aromatic rings. The van der Waals surface area contributed by atoms with Crippen molar-refractivity contribution in [3.05, 3.63) is 33.2 Å². The van der Waals surface area contributed by atoms with Crippen molar-refractivity contribution in [3.8, 4) is 0 Å². The summed E-state index contributed by atoms with van der Waals surface area (Å²) in [5.41, 5.74) is -2.31. The van der Waals surface area contributed by atoms with Crippen LogP contribution in [-0.2, 0) is 42.9 Å². The van der Waals surface area contributed by atoms with Crippen LogP contribution in [-0.4, -0.2) is 74.4 Å². The number of nitrogens with one attached hydrogen (secondary N) is 1. The van der Waals surface area contributed by atoms with Crippen LogP contribution in [0.4, 0.5) is 0 Å². The minimum absolute atomic E-state index is 0.234. The van der Waals surface area contributed by atoms with Crippen LogP contribution in [0, 0.1) is 0 Å². The van der Waals surface area contributed by atoms with Crippen LogP contribution in [0.25, 0.3) is 11.2 Å². The quantitative estimate of drug-likeness (QED) is 0.369. The van der Waals surface area contributed by atoms with Crippen molar-refractivity contribution in [1.82, 2.24) is 19.5 Å². The minimum Gasteiger partial charge on any atom is -0.463 e. The first-order valence-corrected chi connectivity index (χ1v) is 10.3. The number of hydrogen-bond acceptors (Lipinski definition) is 13. The Labute approximate surface area is 196 Å². The average molecular weight is 494 g/mol. The van der Waals surface area contributed by atoms with E-state index in [1.165, 1.54) is 12.4 Å². The smallest absolute Gasteiger partial charge is 0.332 e. The number of hydrogen-bond donors (Lipinski definition) is 1. The lowest BCUT2D eigenvalue weighted by atomic mass is 9.97. The number of aromatic amines is 1. The Hall–Kier alpha value is -4.14. The highest BCUT2D eigenvalue weighted by molar-refractivity contribution is 5.70. The first-order chi connectivity index (χ1) is 16.5. The number of esters is 4. The summed E-state index contributed by atoms with van der Waals surface area (Å²) >= 11 is 0. The highest BCUT2D eigenvalue weighted by atomic mass is 16.7. The molecule has 15 nitrogen and oxygen atoms in total. The van der Waals surface area contributed by atoms with Gasteiger partial charge in [0.05, 0.1) is 0 Å². The molecule has 0 aromatic carbocycles. The maximum atomic E-state index is 12.9. The minimum atomic E-state index is -1.58. The van der Waals surface area contributed by atoms with Crippen LogP contribution in [0.5, 0.6) is 0 Å². The highest BCUT2D eigenvalue weighted by Crippen LogP contribution is 2.34. The summed E-state index contributed by atoms with van der Waals surface area (Å²) in [6.45, 7) is 3.84. The predicted octanol–water partition coefficient (Wildman–Crippen LogP) is -1.26. The van der Waals surface area contributed by atoms with Crippen LogP contribution in [0.1, 0.15) is 33.9 Å². The molecule has 1 aliphatic heterocycles. The van der Waals surface area contributed by atoms with Crippen molar-refractivity contribution < 1.29 is 42.9 Å². The zero-order chi connectivity index (χ0) is 25.9. The molecule has 1 saturated heterocycles. The van der Waals surface area contributed by atoms with E-state index in [9.17, 15) is 28.8 Å². The lowest BCUT2D eigenvalue weighted by Crippen LogP contribution is -2.61. The molecule has 0 saturated carbocycles. The zero-order valence-corrected chi connectivity index (χ0v) is 19.1. The van der Waals surface area contributed by atoms with Gasteiger partial charge in [-0.3, -0.25) is 29.0 Å². The second-order valence-corrected chi connectivity index (χ2v) is 7.45. The van der Waals surface area contributed by atoms with E-state index in [-0.39, 0.29) is 11.2 Å². The molecule has 0 radical (unpaired) electrons. The molecule has 35 heavy (non-hydrogen) atoms. The van der Waals surface area contributed by atoms with E-state index in [4.69, 9.17) is 23.7 Å². The number of carbonyl (C=O) groups is 4. The van der Waals surface area contributed by atoms with Crippen LogP contribution < -0.4 is 11.2 Å². The molecule has 0 bridgehead atoms. The maximum Gasteiger partial charge on any atom is 0.332 e. The number of rotatable bonds is 6. The van der Waals surface area contributed by atoms with E-state index in [1.807, 2.05) is 0 Å². The third-order valence-corrected chi connectivity index (χ3v) is 4.78. The van der Waals surface area contributed by atoms with Gasteiger partial charge in [0.1, 0.15) is 12.7 Å². The van der Waals surface area contributed by atoms with E-state index in [0.717, 1.165) is 32.3 Å². The van der Waals surface area contributed by atoms with Gasteiger partial charge in [0.2, 0.25) is 0 Å². The van der Waals surface area contributed by atoms with Crippen molar-refractivity contribution >= 4 is 35.0 Å². The summed E-state index contributed by atoms with van der Waals surface area (Å²) in [5, 5.41) is 0. The molecule has 1 fully saturated rings. The fourth-order valence-electron chi connectivity index (χ4n) is 3.63. The lowest BCUT2D eigenvalue weighted by molar-refractivity contribution is -0.268. The third kappa shape index (κ3) is 5.68. The Morgan fingerprint density at radius 1 is 0.886 bits per heavy atom. The second kappa shape index (κ2) is 10.4. The van der Waals surface area contributed by atoms with Gasteiger partial charge in [0, 0.05) is 40.1 Å². The number of H-pyrrole nitrogens is 1. The Bertz CT molecular complexity index is 1270. The van der Waals surface area contributed by atoms with E-state index < -0.39 is 72.4 Å². The number of aromatic nitrogens is 4. The highest BCUT2D eigenvalue weighted by Gasteiger charge is 2.53. The molecule has 188 valence electrons. The Balaban J connectivity index is 2.25. The molecule has 0 amide bonds. The standard InChI is InChI=1S/C20H22N4O11/c1-8(25)31-7-12-14(32-9(2)26)15(33-10(3)27)16(34-11(4)28)19(35-12)24-17-13(21-5-6-22-17)18(29)23-20(24)30/h5-6,12,14-16,19H,7H2,1-4H3,(H,23,29,30). The molecule has 0 spiro atoms. The fraction of sp³-hybridized carbons (Fsp3) is 0.500. The van der Waals surface area contributed by atoms with Crippen LogP contribution in [0.3, 0.4) is 0 Å². The van der Waals surface area contributed by atoms with Crippen LogP contribution >= 0.6 is 0 Å². The summed E-state index contributed by atoms with van der Waals surface area (Å²) in [6.07, 6.45) is -4.93. The molecule has 5 unspecified atom stereocenters. The summed E-state index contributed by atoms with van der Waals surface area (Å²) in [7, 11) is 0. The number of nitrogens with zero attached hydrogens (tertiary/aromatic N) is 3. The monoisotopic (exact) mass is 494 g/mol. The maximum absolute atomic E-state index is 12.9. The number of carbonyl (C=O) groups excluding carboxylic acids is 4. The molecular weight excluding hydrogens is 472 g/mol. The third-order valence-electron chi connectivity index (χ3n) is 4.78. The molecule has 3 rings (SSSR count). The van der Waals surface area contributed by atoms with Crippen molar-refractivity contribution in [2.24, 2.45) is 0 Å². The number of fused-ring (bicyclic) bond motifs is 1. The largest absolute Gasteiger partial charge is 0.463 e. The molecule has 5 atom stereocenters. The summed E-state index contributed by atoms with van der Waals surface area (Å²) < 4.78 is 27.8. The van der Waals surface area contributed by atoms with Gasteiger partial charge in [0.25, 0.3) is 5.56 Å². The van der Waals surface area contributed by atoms with Crippen molar-refractivity contribution in [2.75, 3.05) is 6.61 Å². The van der Waals surface area contributed by atoms with Gasteiger partial charge in [-0.1, -0.05) is 0 Å². The van der Waals surface area contributed by atoms with Crippen molar-refractivity contribution in [3.63, 3.8) is 0 Å². The number of ether oxygens (including phenoxy) is 5. The SMILES string of the molecule is CC(=O)OCC1OC(n2c(=O)[nH]c(=O)c3nccnc32)C(OC(C)=O)C(OC(C)=O)C1OC(C)=O. The van der Waals surface area contributed by atoms with E-state index in [0.29, 0.717) is 0 Å². The van der Waals surface area contributed by atoms with Crippen LogP contribution in [0.2, 0.25) is 0 Å². The lowest BCUT2D eigenvalue weighted by Gasteiger charge is -2.44. The molecular formula is C20H22N4O11. The van der Waals surface area contributed by atoms with Crippen molar-refractivity contribution in [1.29, 1.82) is 0 Å². The van der Waals surface area contributed by atoms with Gasteiger partial charge in [-0.2, -0.15) is 0 Å². The molecule has 15 heteroatoms. The van der Waals surface area contributed by atoms with Gasteiger partial charge < -0.3 is 23.7 Å². The molecule has 1 aliphatic rings. The topological polar surface area (TPSA) is 195 Å². The van der Waals surface area contributed by atoms with Gasteiger partial charge in [-0.25, -0.2) is 19.3 Å². The van der Waals surface area contributed by atoms with E-state index in [2.05, 4.69) is 15.0 Å². The van der Waals surface area contributed by atoms with Gasteiger partial charge in [-0.05, 0) is 0 Å². The summed E-state index contributed by atoms with van der Waals surface area (Å²) in [5.74, 6) is -3.19. The molecule has 0 aliphatic carbocycles. The molecule has 1 N–H and O–H groups in total. The Morgan fingerprint density at radius 3 is 2.06 bits per heavy atom. The zero-order valence-electron chi connectivity index (χ0n) is 19.1. The first kappa shape index (κ1) is 25.5. The molecule has 2 aromatic heterocycles. The normalized spacial score (nSPS) is 23.8. The van der Waals surface area contributed by atoms with Crippen molar-refractivity contribution in [2.45, 2.75) is 58.3 Å². The average Bonchev–Trinajstić information content (AvgIpc) is 2.75. The second-order valence-electron chi connectivity index (χ2n) is 7.45. The fourth-order valence-corrected chi connectivity index (χ4v) is 3.63. The Kier molecular flexibility index (Phi) is 7.58. The van der Waals surface area contributed by atoms with Gasteiger partial charge >= 0.3 is 29.6 Å². The van der Waals surface area contributed by atoms with E-state index in [1.54, 1.807) is 0 Å².